The number of anilines is 1. The van der Waals surface area contributed by atoms with E-state index in [0.717, 1.165) is 56.6 Å². The molecule has 1 atom stereocenters. The fourth-order valence-electron chi connectivity index (χ4n) is 4.50. The second kappa shape index (κ2) is 8.77. The Morgan fingerprint density at radius 2 is 1.79 bits per heavy atom. The lowest BCUT2D eigenvalue weighted by Crippen LogP contribution is -2.49. The van der Waals surface area contributed by atoms with Gasteiger partial charge < -0.3 is 29.4 Å². The Bertz CT molecular complexity index is 1090. The number of ether oxygens (including phenoxy) is 2. The number of amidine groups is 1. The summed E-state index contributed by atoms with van der Waals surface area (Å²) in [6.07, 6.45) is 2.96. The number of fused-ring (bicyclic) bond motifs is 1. The first-order chi connectivity index (χ1) is 16.1. The molecule has 0 aromatic heterocycles. The van der Waals surface area contributed by atoms with Gasteiger partial charge in [0.25, 0.3) is 0 Å². The molecule has 0 radical (unpaired) electrons. The van der Waals surface area contributed by atoms with Gasteiger partial charge in [0.15, 0.2) is 0 Å². The van der Waals surface area contributed by atoms with Gasteiger partial charge in [-0.15, -0.1) is 0 Å². The molecule has 5 rings (SSSR count). The topological polar surface area (TPSA) is 83.5 Å². The van der Waals surface area contributed by atoms with E-state index in [1.807, 2.05) is 23.1 Å². The Labute approximate surface area is 193 Å². The number of nitrogens with one attached hydrogen (secondary N) is 1. The van der Waals surface area contributed by atoms with E-state index in [9.17, 15) is 9.59 Å². The number of carbonyl (C=O) groups excluding carboxylic acids is 2. The molecule has 2 fully saturated rings. The first-order valence-electron chi connectivity index (χ1n) is 11.3. The molecule has 1 saturated heterocycles. The molecule has 2 aliphatic heterocycles. The van der Waals surface area contributed by atoms with Crippen LogP contribution in [0.2, 0.25) is 0 Å². The van der Waals surface area contributed by atoms with Gasteiger partial charge in [0.1, 0.15) is 29.7 Å². The van der Waals surface area contributed by atoms with Crippen molar-refractivity contribution in [2.24, 2.45) is 10.9 Å². The van der Waals surface area contributed by atoms with Crippen molar-refractivity contribution in [2.75, 3.05) is 45.3 Å². The van der Waals surface area contributed by atoms with Crippen LogP contribution in [0.4, 0.5) is 11.4 Å². The Morgan fingerprint density at radius 3 is 2.39 bits per heavy atom. The van der Waals surface area contributed by atoms with Crippen molar-refractivity contribution in [3.05, 3.63) is 47.5 Å². The quantitative estimate of drug-likeness (QED) is 0.685. The van der Waals surface area contributed by atoms with E-state index in [1.54, 1.807) is 20.3 Å². The summed E-state index contributed by atoms with van der Waals surface area (Å²) >= 11 is 0. The lowest BCUT2D eigenvalue weighted by atomic mass is 10.0. The summed E-state index contributed by atoms with van der Waals surface area (Å²) in [6, 6.07) is 11.1. The average Bonchev–Trinajstić information content (AvgIpc) is 3.72. The zero-order chi connectivity index (χ0) is 22.9. The van der Waals surface area contributed by atoms with E-state index in [4.69, 9.17) is 14.5 Å². The first-order valence-corrected chi connectivity index (χ1v) is 11.3. The van der Waals surface area contributed by atoms with Gasteiger partial charge in [-0.25, -0.2) is 4.99 Å². The van der Waals surface area contributed by atoms with Crippen molar-refractivity contribution in [3.8, 4) is 11.5 Å². The van der Waals surface area contributed by atoms with Crippen molar-refractivity contribution < 1.29 is 19.1 Å². The maximum absolute atomic E-state index is 12.3. The van der Waals surface area contributed by atoms with Crippen LogP contribution in [0.5, 0.6) is 11.5 Å². The van der Waals surface area contributed by atoms with Gasteiger partial charge in [0.05, 0.1) is 19.9 Å². The number of rotatable bonds is 6. The third-order valence-corrected chi connectivity index (χ3v) is 6.54. The third-order valence-electron chi connectivity index (χ3n) is 6.54. The molecule has 172 valence electrons. The minimum Gasteiger partial charge on any atom is -0.497 e. The molecule has 1 amide bonds. The molecule has 33 heavy (non-hydrogen) atoms. The molecule has 8 nitrogen and oxygen atoms in total. The number of nitrogens with zero attached hydrogens (tertiary/aromatic N) is 3. The number of methoxy groups -OCH3 is 2. The zero-order valence-corrected chi connectivity index (χ0v) is 18.9. The summed E-state index contributed by atoms with van der Waals surface area (Å²) < 4.78 is 10.8. The summed E-state index contributed by atoms with van der Waals surface area (Å²) in [7, 11) is 3.15. The van der Waals surface area contributed by atoms with Crippen LogP contribution in [-0.2, 0) is 9.59 Å². The fraction of sp³-hybridized carbons (Fsp3) is 0.400. The molecule has 0 spiro atoms. The van der Waals surface area contributed by atoms with Gasteiger partial charge in [0.2, 0.25) is 5.91 Å². The summed E-state index contributed by atoms with van der Waals surface area (Å²) in [5.74, 6) is 2.41. The highest BCUT2D eigenvalue weighted by atomic mass is 16.5. The fourth-order valence-corrected chi connectivity index (χ4v) is 4.50. The second-order valence-corrected chi connectivity index (χ2v) is 8.61. The second-order valence-electron chi connectivity index (χ2n) is 8.61. The van der Waals surface area contributed by atoms with Gasteiger partial charge in [0, 0.05) is 61.0 Å². The van der Waals surface area contributed by atoms with E-state index < -0.39 is 6.04 Å². The number of aliphatic imine (C=N–C) groups is 1. The number of carbonyl (C=O) groups is 2. The largest absolute Gasteiger partial charge is 0.497 e. The van der Waals surface area contributed by atoms with E-state index in [-0.39, 0.29) is 5.92 Å². The highest BCUT2D eigenvalue weighted by Crippen LogP contribution is 2.40. The normalized spacial score (nSPS) is 19.8. The van der Waals surface area contributed by atoms with E-state index in [1.165, 1.54) is 0 Å². The predicted molar refractivity (Wildman–Crippen MR) is 126 cm³/mol. The molecular weight excluding hydrogens is 420 g/mol. The molecule has 3 aliphatic rings. The monoisotopic (exact) mass is 448 g/mol. The zero-order valence-electron chi connectivity index (χ0n) is 18.9. The molecule has 2 heterocycles. The average molecular weight is 449 g/mol. The molecule has 1 aliphatic carbocycles. The van der Waals surface area contributed by atoms with E-state index in [2.05, 4.69) is 22.3 Å². The van der Waals surface area contributed by atoms with Gasteiger partial charge in [-0.1, -0.05) is 0 Å². The first kappa shape index (κ1) is 21.3. The SMILES string of the molecule is COc1cc2c(c(OC)c1)C(C=O)NC(c1ccc(N3CCN(C(=O)C4CC4)CC3)cc1)=N2. The van der Waals surface area contributed by atoms with Crippen molar-refractivity contribution in [2.45, 2.75) is 18.9 Å². The maximum Gasteiger partial charge on any atom is 0.225 e. The molecule has 2 aromatic rings. The van der Waals surface area contributed by atoms with Gasteiger partial charge in [-0.05, 0) is 37.1 Å². The van der Waals surface area contributed by atoms with Gasteiger partial charge >= 0.3 is 0 Å². The Balaban J connectivity index is 1.34. The maximum atomic E-state index is 12.3. The Morgan fingerprint density at radius 1 is 1.06 bits per heavy atom. The molecule has 1 unspecified atom stereocenters. The van der Waals surface area contributed by atoms with E-state index >= 15 is 0 Å². The van der Waals surface area contributed by atoms with Crippen molar-refractivity contribution in [1.82, 2.24) is 10.2 Å². The van der Waals surface area contributed by atoms with Crippen LogP contribution in [-0.4, -0.2) is 63.3 Å². The number of hydrogen-bond donors (Lipinski definition) is 1. The number of amides is 1. The molecule has 0 bridgehead atoms. The Kier molecular flexibility index (Phi) is 5.66. The minimum atomic E-state index is -0.565. The molecule has 2 aromatic carbocycles. The van der Waals surface area contributed by atoms with Crippen LogP contribution in [0.25, 0.3) is 0 Å². The Hall–Kier alpha value is -3.55. The number of aldehydes is 1. The predicted octanol–water partition coefficient (Wildman–Crippen LogP) is 2.68. The lowest BCUT2D eigenvalue weighted by molar-refractivity contribution is -0.132. The van der Waals surface area contributed by atoms with Crippen LogP contribution in [0, 0.1) is 5.92 Å². The molecular formula is C25H28N4O4. The standard InChI is InChI=1S/C25H28N4O4/c1-32-19-13-20-23(22(14-19)33-2)21(15-30)27-24(26-20)16-5-7-18(8-6-16)28-9-11-29(12-10-28)25(31)17-3-4-17/h5-8,13-15,17,21H,3-4,9-12H2,1-2H3,(H,26,27). The third kappa shape index (κ3) is 4.13. The minimum absolute atomic E-state index is 0.278. The highest BCUT2D eigenvalue weighted by Gasteiger charge is 2.34. The molecule has 1 saturated carbocycles. The van der Waals surface area contributed by atoms with Crippen LogP contribution >= 0.6 is 0 Å². The summed E-state index contributed by atoms with van der Waals surface area (Å²) in [6.45, 7) is 3.20. The van der Waals surface area contributed by atoms with Crippen molar-refractivity contribution >= 4 is 29.4 Å². The van der Waals surface area contributed by atoms with Crippen LogP contribution in [0.3, 0.4) is 0 Å². The number of hydrogen-bond acceptors (Lipinski definition) is 7. The van der Waals surface area contributed by atoms with Crippen molar-refractivity contribution in [1.29, 1.82) is 0 Å². The van der Waals surface area contributed by atoms with Gasteiger partial charge in [-0.2, -0.15) is 0 Å². The van der Waals surface area contributed by atoms with Gasteiger partial charge in [-0.3, -0.25) is 4.79 Å². The summed E-state index contributed by atoms with van der Waals surface area (Å²) in [4.78, 5) is 33.2. The van der Waals surface area contributed by atoms with Crippen molar-refractivity contribution in [3.63, 3.8) is 0 Å². The molecule has 8 heteroatoms. The number of piperazine rings is 1. The molecule has 1 N–H and O–H groups in total. The van der Waals surface area contributed by atoms with Crippen LogP contribution in [0.1, 0.15) is 30.0 Å². The summed E-state index contributed by atoms with van der Waals surface area (Å²) in [5, 5.41) is 3.22. The summed E-state index contributed by atoms with van der Waals surface area (Å²) in [5.41, 5.74) is 3.36. The van der Waals surface area contributed by atoms with E-state index in [0.29, 0.717) is 34.5 Å². The number of benzene rings is 2. The smallest absolute Gasteiger partial charge is 0.225 e. The van der Waals surface area contributed by atoms with Crippen LogP contribution < -0.4 is 19.7 Å². The van der Waals surface area contributed by atoms with Crippen LogP contribution in [0.15, 0.2) is 41.4 Å². The lowest BCUT2D eigenvalue weighted by Gasteiger charge is -2.36. The highest BCUT2D eigenvalue weighted by molar-refractivity contribution is 6.04.